The van der Waals surface area contributed by atoms with Gasteiger partial charge in [-0.2, -0.15) is 0 Å². The maximum atomic E-state index is 11.0. The minimum Gasteiger partial charge on any atom is -0.481 e. The topological polar surface area (TPSA) is 93.3 Å². The number of nitrogens with zero attached hydrogens (tertiary/aromatic N) is 2. The van der Waals surface area contributed by atoms with Gasteiger partial charge >= 0.3 is 5.97 Å². The van der Waals surface area contributed by atoms with Crippen LogP contribution < -0.4 is 0 Å². The number of nitro groups is 1. The molecule has 0 aliphatic carbocycles. The number of hydrogen-bond donors (Lipinski definition) is 1. The van der Waals surface area contributed by atoms with E-state index in [1.807, 2.05) is 6.92 Å². The fraction of sp³-hybridized carbons (Fsp3) is 0.231. The van der Waals surface area contributed by atoms with Gasteiger partial charge < -0.3 is 5.11 Å². The molecule has 0 saturated heterocycles. The van der Waals surface area contributed by atoms with Crippen LogP contribution in [0.1, 0.15) is 13.3 Å². The van der Waals surface area contributed by atoms with Gasteiger partial charge in [-0.15, -0.1) is 11.8 Å². The van der Waals surface area contributed by atoms with E-state index in [-0.39, 0.29) is 17.4 Å². The third-order valence-corrected chi connectivity index (χ3v) is 3.92. The Morgan fingerprint density at radius 3 is 2.85 bits per heavy atom. The Kier molecular flexibility index (Phi) is 4.19. The van der Waals surface area contributed by atoms with Gasteiger partial charge in [-0.1, -0.05) is 6.92 Å². The molecular formula is C13H12N2O4S. The Hall–Kier alpha value is -2.15. The molecule has 1 unspecified atom stereocenters. The van der Waals surface area contributed by atoms with Crippen LogP contribution in [0.3, 0.4) is 0 Å². The zero-order chi connectivity index (χ0) is 14.7. The number of thioether (sulfide) groups is 1. The maximum Gasteiger partial charge on any atom is 0.304 e. The van der Waals surface area contributed by atoms with Crippen molar-refractivity contribution in [2.75, 3.05) is 0 Å². The van der Waals surface area contributed by atoms with Gasteiger partial charge in [0.2, 0.25) is 0 Å². The fourth-order valence-electron chi connectivity index (χ4n) is 1.91. The van der Waals surface area contributed by atoms with Gasteiger partial charge in [0.1, 0.15) is 0 Å². The van der Waals surface area contributed by atoms with Gasteiger partial charge in [0, 0.05) is 34.0 Å². The molecule has 20 heavy (non-hydrogen) atoms. The summed E-state index contributed by atoms with van der Waals surface area (Å²) in [6, 6.07) is 4.79. The molecule has 1 N–H and O–H groups in total. The molecule has 2 aromatic rings. The Morgan fingerprint density at radius 1 is 1.45 bits per heavy atom. The Balaban J connectivity index is 2.43. The molecule has 7 heteroatoms. The van der Waals surface area contributed by atoms with Crippen molar-refractivity contribution in [1.29, 1.82) is 0 Å². The Morgan fingerprint density at radius 2 is 2.20 bits per heavy atom. The first-order valence-corrected chi connectivity index (χ1v) is 6.76. The molecule has 1 aromatic heterocycles. The van der Waals surface area contributed by atoms with E-state index in [9.17, 15) is 14.9 Å². The number of carboxylic acids is 1. The van der Waals surface area contributed by atoms with Crippen molar-refractivity contribution >= 4 is 34.2 Å². The normalized spacial score (nSPS) is 12.2. The molecule has 0 radical (unpaired) electrons. The summed E-state index contributed by atoms with van der Waals surface area (Å²) in [6.07, 6.45) is 3.06. The van der Waals surface area contributed by atoms with E-state index in [0.29, 0.717) is 5.39 Å². The van der Waals surface area contributed by atoms with Crippen LogP contribution in [-0.4, -0.2) is 26.2 Å². The lowest BCUT2D eigenvalue weighted by Gasteiger charge is -2.11. The number of benzene rings is 1. The summed E-state index contributed by atoms with van der Waals surface area (Å²) in [5.41, 5.74) is 0.00309. The third-order valence-electron chi connectivity index (χ3n) is 2.74. The molecule has 104 valence electrons. The van der Waals surface area contributed by atoms with Gasteiger partial charge in [-0.25, -0.2) is 0 Å². The second-order valence-electron chi connectivity index (χ2n) is 4.29. The molecule has 0 saturated carbocycles. The maximum absolute atomic E-state index is 11.0. The van der Waals surface area contributed by atoms with Gasteiger partial charge in [0.05, 0.1) is 16.7 Å². The fourth-order valence-corrected chi connectivity index (χ4v) is 3.02. The van der Waals surface area contributed by atoms with Gasteiger partial charge in [0.25, 0.3) is 5.69 Å². The van der Waals surface area contributed by atoms with Crippen molar-refractivity contribution < 1.29 is 14.8 Å². The van der Waals surface area contributed by atoms with E-state index < -0.39 is 10.9 Å². The first kappa shape index (κ1) is 14.3. The van der Waals surface area contributed by atoms with Crippen LogP contribution in [0, 0.1) is 10.1 Å². The van der Waals surface area contributed by atoms with Crippen LogP contribution >= 0.6 is 11.8 Å². The molecule has 1 aromatic carbocycles. The monoisotopic (exact) mass is 292 g/mol. The van der Waals surface area contributed by atoms with Crippen molar-refractivity contribution in [3.8, 4) is 0 Å². The number of hydrogen-bond acceptors (Lipinski definition) is 5. The van der Waals surface area contributed by atoms with Crippen LogP contribution in [0.25, 0.3) is 10.8 Å². The van der Waals surface area contributed by atoms with Crippen molar-refractivity contribution in [3.05, 3.63) is 40.7 Å². The minimum atomic E-state index is -0.863. The number of rotatable bonds is 5. The number of nitro benzene ring substituents is 1. The summed E-state index contributed by atoms with van der Waals surface area (Å²) in [4.78, 5) is 26.0. The second kappa shape index (κ2) is 5.87. The van der Waals surface area contributed by atoms with E-state index in [1.54, 1.807) is 18.3 Å². The van der Waals surface area contributed by atoms with E-state index in [0.717, 1.165) is 10.3 Å². The Labute approximate surface area is 119 Å². The summed E-state index contributed by atoms with van der Waals surface area (Å²) in [5, 5.41) is 20.8. The lowest BCUT2D eigenvalue weighted by Crippen LogP contribution is -2.05. The van der Waals surface area contributed by atoms with Crippen molar-refractivity contribution in [2.24, 2.45) is 0 Å². The van der Waals surface area contributed by atoms with Crippen molar-refractivity contribution in [2.45, 2.75) is 23.5 Å². The predicted molar refractivity (Wildman–Crippen MR) is 76.0 cm³/mol. The summed E-state index contributed by atoms with van der Waals surface area (Å²) in [6.45, 7) is 1.81. The van der Waals surface area contributed by atoms with Gasteiger partial charge in [-0.05, 0) is 12.1 Å². The van der Waals surface area contributed by atoms with Gasteiger partial charge in [0.15, 0.2) is 0 Å². The molecule has 0 aliphatic heterocycles. The highest BCUT2D eigenvalue weighted by molar-refractivity contribution is 8.00. The molecule has 0 fully saturated rings. The molecule has 1 heterocycles. The molecular weight excluding hydrogens is 280 g/mol. The lowest BCUT2D eigenvalue weighted by molar-refractivity contribution is -0.383. The number of non-ortho nitro benzene ring substituents is 1. The smallest absolute Gasteiger partial charge is 0.304 e. The predicted octanol–water partition coefficient (Wildman–Crippen LogP) is 3.10. The zero-order valence-electron chi connectivity index (χ0n) is 10.6. The first-order valence-electron chi connectivity index (χ1n) is 5.88. The summed E-state index contributed by atoms with van der Waals surface area (Å²) in [5.74, 6) is -0.863. The van der Waals surface area contributed by atoms with E-state index in [1.165, 1.54) is 24.0 Å². The van der Waals surface area contributed by atoms with Crippen LogP contribution in [0.4, 0.5) is 5.69 Å². The number of aliphatic carboxylic acids is 1. The zero-order valence-corrected chi connectivity index (χ0v) is 11.5. The number of fused-ring (bicyclic) bond motifs is 1. The largest absolute Gasteiger partial charge is 0.481 e. The molecule has 0 amide bonds. The highest BCUT2D eigenvalue weighted by Gasteiger charge is 2.17. The summed E-state index contributed by atoms with van der Waals surface area (Å²) < 4.78 is 0. The van der Waals surface area contributed by atoms with E-state index in [4.69, 9.17) is 5.11 Å². The van der Waals surface area contributed by atoms with Gasteiger partial charge in [-0.3, -0.25) is 19.9 Å². The summed E-state index contributed by atoms with van der Waals surface area (Å²) in [7, 11) is 0. The highest BCUT2D eigenvalue weighted by atomic mass is 32.2. The SMILES string of the molecule is CC(CC(=O)O)Sc1ccc([N+](=O)[O-])c2cnccc12. The standard InChI is InChI=1S/C13H12N2O4S/c1-8(6-13(16)17)20-12-3-2-11(15(18)19)10-7-14-5-4-9(10)12/h2-5,7-8H,6H2,1H3,(H,16,17). The van der Waals surface area contributed by atoms with Crippen LogP contribution in [-0.2, 0) is 4.79 Å². The number of pyridine rings is 1. The first-order chi connectivity index (χ1) is 9.49. The lowest BCUT2D eigenvalue weighted by atomic mass is 10.1. The van der Waals surface area contributed by atoms with Crippen LogP contribution in [0.15, 0.2) is 35.5 Å². The molecule has 2 rings (SSSR count). The number of carboxylic acid groups (broad SMARTS) is 1. The molecule has 0 bridgehead atoms. The van der Waals surface area contributed by atoms with Crippen molar-refractivity contribution in [1.82, 2.24) is 4.98 Å². The van der Waals surface area contributed by atoms with E-state index >= 15 is 0 Å². The quantitative estimate of drug-likeness (QED) is 0.517. The third kappa shape index (κ3) is 3.05. The minimum absolute atomic E-state index is 0.00309. The molecule has 6 nitrogen and oxygen atoms in total. The van der Waals surface area contributed by atoms with E-state index in [2.05, 4.69) is 4.98 Å². The average molecular weight is 292 g/mol. The van der Waals surface area contributed by atoms with Crippen LogP contribution in [0.2, 0.25) is 0 Å². The van der Waals surface area contributed by atoms with Crippen molar-refractivity contribution in [3.63, 3.8) is 0 Å². The highest BCUT2D eigenvalue weighted by Crippen LogP contribution is 2.35. The Bertz CT molecular complexity index is 674. The molecule has 0 aliphatic rings. The number of aromatic nitrogens is 1. The molecule has 0 spiro atoms. The average Bonchev–Trinajstić information content (AvgIpc) is 2.37. The molecule has 1 atom stereocenters. The number of carbonyl (C=O) groups is 1. The van der Waals surface area contributed by atoms with Crippen LogP contribution in [0.5, 0.6) is 0 Å². The second-order valence-corrected chi connectivity index (χ2v) is 5.77. The summed E-state index contributed by atoms with van der Waals surface area (Å²) >= 11 is 1.39.